The Bertz CT molecular complexity index is 1820. The third kappa shape index (κ3) is 5.62. The first kappa shape index (κ1) is 28.6. The van der Waals surface area contributed by atoms with Crippen LogP contribution in [0.3, 0.4) is 0 Å². The summed E-state index contributed by atoms with van der Waals surface area (Å²) in [5, 5.41) is 5.06. The average molecular weight is 628 g/mol. The van der Waals surface area contributed by atoms with E-state index in [0.29, 0.717) is 45.2 Å². The van der Waals surface area contributed by atoms with Crippen molar-refractivity contribution in [3.05, 3.63) is 74.2 Å². The molecule has 2 aromatic heterocycles. The molecule has 220 valence electrons. The molecule has 0 unspecified atom stereocenters. The van der Waals surface area contributed by atoms with E-state index in [2.05, 4.69) is 31.7 Å². The Balaban J connectivity index is 1.27. The van der Waals surface area contributed by atoms with Gasteiger partial charge in [0.2, 0.25) is 10.0 Å². The van der Waals surface area contributed by atoms with Crippen LogP contribution >= 0.6 is 22.9 Å². The van der Waals surface area contributed by atoms with E-state index in [1.54, 1.807) is 26.0 Å². The molecular weight excluding hydrogens is 598 g/mol. The van der Waals surface area contributed by atoms with Crippen LogP contribution in [-0.4, -0.2) is 40.7 Å². The molecule has 2 aliphatic carbocycles. The minimum Gasteiger partial charge on any atom is -0.341 e. The minimum absolute atomic E-state index is 0.0686. The van der Waals surface area contributed by atoms with E-state index in [1.807, 2.05) is 30.3 Å². The monoisotopic (exact) mass is 627 g/mol. The fourth-order valence-corrected chi connectivity index (χ4v) is 7.26. The van der Waals surface area contributed by atoms with Gasteiger partial charge in [0.05, 0.1) is 10.8 Å². The van der Waals surface area contributed by atoms with Crippen LogP contribution in [0.5, 0.6) is 0 Å². The smallest absolute Gasteiger partial charge is 0.341 e. The molecular formula is C29H30ClN5O5S2. The molecule has 0 spiro atoms. The Morgan fingerprint density at radius 2 is 1.93 bits per heavy atom. The minimum atomic E-state index is -3.76. The van der Waals surface area contributed by atoms with Gasteiger partial charge in [-0.25, -0.2) is 22.9 Å². The van der Waals surface area contributed by atoms with Crippen LogP contribution in [0.4, 0.5) is 5.13 Å². The summed E-state index contributed by atoms with van der Waals surface area (Å²) in [7, 11) is -3.76. The third-order valence-electron chi connectivity index (χ3n) is 8.08. The summed E-state index contributed by atoms with van der Waals surface area (Å²) >= 11 is 7.71. The van der Waals surface area contributed by atoms with Crippen molar-refractivity contribution >= 4 is 44.0 Å². The maximum atomic E-state index is 13.0. The van der Waals surface area contributed by atoms with Crippen LogP contribution in [-0.2, 0) is 10.0 Å². The van der Waals surface area contributed by atoms with Crippen LogP contribution in [0.1, 0.15) is 66.5 Å². The van der Waals surface area contributed by atoms with Gasteiger partial charge in [0.15, 0.2) is 11.0 Å². The van der Waals surface area contributed by atoms with Crippen LogP contribution in [0.25, 0.3) is 22.5 Å². The third-order valence-corrected chi connectivity index (χ3v) is 11.5. The van der Waals surface area contributed by atoms with E-state index in [4.69, 9.17) is 16.1 Å². The number of nitrogens with zero attached hydrogens (tertiary/aromatic N) is 3. The molecule has 2 saturated carbocycles. The number of anilines is 1. The highest BCUT2D eigenvalue weighted by atomic mass is 35.5. The summed E-state index contributed by atoms with van der Waals surface area (Å²) in [4.78, 5) is 34.7. The molecule has 1 atom stereocenters. The molecule has 2 fully saturated rings. The second kappa shape index (κ2) is 10.7. The zero-order chi connectivity index (χ0) is 29.8. The molecule has 2 aromatic carbocycles. The zero-order valence-corrected chi connectivity index (χ0v) is 25.7. The second-order valence-electron chi connectivity index (χ2n) is 11.3. The number of benzene rings is 2. The molecule has 2 N–H and O–H groups in total. The molecule has 1 amide bonds. The Morgan fingerprint density at radius 1 is 1.21 bits per heavy atom. The lowest BCUT2D eigenvalue weighted by Crippen LogP contribution is -2.38. The van der Waals surface area contributed by atoms with E-state index in [0.717, 1.165) is 36.1 Å². The number of H-pyrrole nitrogens is 1. The van der Waals surface area contributed by atoms with Gasteiger partial charge in [-0.1, -0.05) is 41.0 Å². The molecule has 10 nitrogen and oxygen atoms in total. The summed E-state index contributed by atoms with van der Waals surface area (Å²) in [6.07, 6.45) is 3.36. The van der Waals surface area contributed by atoms with E-state index in [1.165, 1.54) is 11.3 Å². The van der Waals surface area contributed by atoms with Crippen LogP contribution in [0.15, 0.2) is 51.8 Å². The average Bonchev–Trinajstić information content (AvgIpc) is 3.85. The maximum Gasteiger partial charge on any atom is 0.439 e. The summed E-state index contributed by atoms with van der Waals surface area (Å²) in [5.41, 5.74) is 3.55. The topological polar surface area (TPSA) is 138 Å². The predicted molar refractivity (Wildman–Crippen MR) is 162 cm³/mol. The molecule has 2 aliphatic rings. The Morgan fingerprint density at radius 3 is 2.55 bits per heavy atom. The largest absolute Gasteiger partial charge is 0.439 e. The zero-order valence-electron chi connectivity index (χ0n) is 23.3. The van der Waals surface area contributed by atoms with Crippen LogP contribution < -0.4 is 15.4 Å². The number of nitrogens with one attached hydrogen (secondary N) is 2. The molecule has 42 heavy (non-hydrogen) atoms. The highest BCUT2D eigenvalue weighted by Crippen LogP contribution is 2.43. The van der Waals surface area contributed by atoms with E-state index >= 15 is 0 Å². The van der Waals surface area contributed by atoms with Crippen molar-refractivity contribution in [3.63, 3.8) is 0 Å². The Labute approximate surface area is 252 Å². The lowest BCUT2D eigenvalue weighted by Gasteiger charge is -2.29. The van der Waals surface area contributed by atoms with Gasteiger partial charge in [-0.15, -0.1) is 11.3 Å². The highest BCUT2D eigenvalue weighted by molar-refractivity contribution is 7.91. The number of hydrogen-bond donors (Lipinski definition) is 2. The van der Waals surface area contributed by atoms with E-state index in [9.17, 15) is 18.0 Å². The molecule has 0 bridgehead atoms. The number of amides is 1. The molecule has 6 rings (SSSR count). The number of carbonyl (C=O) groups is 1. The maximum absolute atomic E-state index is 13.0. The second-order valence-corrected chi connectivity index (χ2v) is 15.1. The van der Waals surface area contributed by atoms with Gasteiger partial charge < -0.3 is 4.90 Å². The van der Waals surface area contributed by atoms with Gasteiger partial charge in [0.1, 0.15) is 5.69 Å². The first-order valence-electron chi connectivity index (χ1n) is 13.7. The molecule has 0 saturated heterocycles. The lowest BCUT2D eigenvalue weighted by molar-refractivity contribution is 0.0976. The highest BCUT2D eigenvalue weighted by Gasteiger charge is 2.51. The van der Waals surface area contributed by atoms with Crippen molar-refractivity contribution in [1.82, 2.24) is 19.8 Å². The van der Waals surface area contributed by atoms with Crippen molar-refractivity contribution in [2.24, 2.45) is 5.92 Å². The number of aromatic nitrogens is 3. The van der Waals surface area contributed by atoms with E-state index in [-0.39, 0.29) is 11.7 Å². The van der Waals surface area contributed by atoms with Gasteiger partial charge >= 0.3 is 5.76 Å². The quantitative estimate of drug-likeness (QED) is 0.228. The fourth-order valence-electron chi connectivity index (χ4n) is 4.86. The van der Waals surface area contributed by atoms with Gasteiger partial charge in [-0.3, -0.25) is 14.3 Å². The number of carbonyl (C=O) groups excluding carboxylic acids is 1. The summed E-state index contributed by atoms with van der Waals surface area (Å²) in [6.45, 7) is 6.32. The SMILES string of the molecule is Cc1sc(N(CC2CC2)[C@H](C)c2ccc(-c3cc(Cl)ccc3-c3noc(=O)[nH]3)cc2)nc1C(=O)NS(=O)(=O)C1(C)CC1. The summed E-state index contributed by atoms with van der Waals surface area (Å²) in [6, 6.07) is 13.3. The van der Waals surface area contributed by atoms with Crippen molar-refractivity contribution < 1.29 is 17.7 Å². The fraction of sp³-hybridized carbons (Fsp3) is 0.379. The molecule has 0 radical (unpaired) electrons. The standard InChI is InChI=1S/C29H30ClN5O5S2/c1-16(19-6-8-20(9-7-19)23-14-21(30)10-11-22(23)25-32-28(37)40-33-25)35(15-18-4-5-18)27-31-24(17(2)41-27)26(36)34-42(38,39)29(3)12-13-29/h6-11,14,16,18H,4-5,12-13,15H2,1-3H3,(H,34,36)(H,32,33,37)/t16-/m1/s1. The van der Waals surface area contributed by atoms with Crippen molar-refractivity contribution in [2.45, 2.75) is 57.2 Å². The number of halogens is 1. The van der Waals surface area contributed by atoms with Gasteiger partial charge in [-0.05, 0) is 87.3 Å². The van der Waals surface area contributed by atoms with Crippen molar-refractivity contribution in [3.8, 4) is 22.5 Å². The molecule has 13 heteroatoms. The number of sulfonamides is 1. The summed E-state index contributed by atoms with van der Waals surface area (Å²) in [5.74, 6) is -0.459. The first-order chi connectivity index (χ1) is 19.9. The number of rotatable bonds is 10. The van der Waals surface area contributed by atoms with Crippen molar-refractivity contribution in [1.29, 1.82) is 0 Å². The first-order valence-corrected chi connectivity index (χ1v) is 16.4. The van der Waals surface area contributed by atoms with Crippen molar-refractivity contribution in [2.75, 3.05) is 11.4 Å². The molecule has 4 aromatic rings. The van der Waals surface area contributed by atoms with Crippen LogP contribution in [0, 0.1) is 12.8 Å². The molecule has 2 heterocycles. The normalized spacial score (nSPS) is 16.7. The van der Waals surface area contributed by atoms with Gasteiger partial charge in [0, 0.05) is 22.0 Å². The summed E-state index contributed by atoms with van der Waals surface area (Å²) < 4.78 is 31.4. The van der Waals surface area contributed by atoms with Gasteiger partial charge in [-0.2, -0.15) is 0 Å². The number of thiazole rings is 1. The Hall–Kier alpha value is -3.48. The van der Waals surface area contributed by atoms with Crippen LogP contribution in [0.2, 0.25) is 5.02 Å². The Kier molecular flexibility index (Phi) is 7.27. The number of hydrogen-bond acceptors (Lipinski definition) is 9. The van der Waals surface area contributed by atoms with E-state index < -0.39 is 26.4 Å². The molecule has 0 aliphatic heterocycles. The number of aryl methyl sites for hydroxylation is 1. The number of aromatic amines is 1. The van der Waals surface area contributed by atoms with Gasteiger partial charge in [0.25, 0.3) is 5.91 Å². The predicted octanol–water partition coefficient (Wildman–Crippen LogP) is 5.70. The lowest BCUT2D eigenvalue weighted by atomic mass is 9.96.